The normalized spacial score (nSPS) is 23.9. The summed E-state index contributed by atoms with van der Waals surface area (Å²) in [6.07, 6.45) is 3.86. The molecule has 5 nitrogen and oxygen atoms in total. The van der Waals surface area contributed by atoms with Crippen molar-refractivity contribution < 1.29 is 4.79 Å². The van der Waals surface area contributed by atoms with Gasteiger partial charge in [-0.15, -0.1) is 12.4 Å². The number of nitrogens with zero attached hydrogens (tertiary/aromatic N) is 1. The molecule has 0 aromatic heterocycles. The molecule has 2 aliphatic rings. The predicted molar refractivity (Wildman–Crippen MR) is 104 cm³/mol. The third-order valence-corrected chi connectivity index (χ3v) is 5.22. The van der Waals surface area contributed by atoms with Crippen molar-refractivity contribution >= 4 is 29.9 Å². The fourth-order valence-electron chi connectivity index (χ4n) is 3.66. The molecule has 140 valence electrons. The molecule has 0 bridgehead atoms. The number of hydrazine groups is 1. The predicted octanol–water partition coefficient (Wildman–Crippen LogP) is 2.66. The molecule has 7 heteroatoms. The van der Waals surface area contributed by atoms with Gasteiger partial charge >= 0.3 is 0 Å². The largest absolute Gasteiger partial charge is 0.338 e. The minimum absolute atomic E-state index is 0. The summed E-state index contributed by atoms with van der Waals surface area (Å²) in [5.41, 5.74) is 7.64. The van der Waals surface area contributed by atoms with Gasteiger partial charge in [0.05, 0.1) is 0 Å². The zero-order valence-electron chi connectivity index (χ0n) is 14.6. The second-order valence-electron chi connectivity index (χ2n) is 6.69. The van der Waals surface area contributed by atoms with Gasteiger partial charge in [0, 0.05) is 23.7 Å². The Morgan fingerprint density at radius 1 is 1.20 bits per heavy atom. The Morgan fingerprint density at radius 2 is 1.88 bits per heavy atom. The highest BCUT2D eigenvalue weighted by Gasteiger charge is 2.35. The Kier molecular flexibility index (Phi) is 7.97. The first-order chi connectivity index (χ1) is 11.7. The number of halogens is 2. The number of carbonyl (C=O) groups is 1. The average molecular weight is 387 g/mol. The van der Waals surface area contributed by atoms with Crippen LogP contribution in [0.5, 0.6) is 0 Å². The average Bonchev–Trinajstić information content (AvgIpc) is 3.10. The topological polar surface area (TPSA) is 56.4 Å². The van der Waals surface area contributed by atoms with Gasteiger partial charge in [-0.05, 0) is 56.5 Å². The van der Waals surface area contributed by atoms with Crippen LogP contribution in [0.1, 0.15) is 44.2 Å². The fourth-order valence-corrected chi connectivity index (χ4v) is 3.79. The van der Waals surface area contributed by atoms with Crippen molar-refractivity contribution in [2.45, 2.75) is 50.7 Å². The van der Waals surface area contributed by atoms with Gasteiger partial charge < -0.3 is 10.2 Å². The molecular weight excluding hydrogens is 359 g/mol. The molecule has 25 heavy (non-hydrogen) atoms. The molecule has 3 rings (SSSR count). The van der Waals surface area contributed by atoms with Gasteiger partial charge in [-0.2, -0.15) is 0 Å². The molecule has 1 aromatic carbocycles. The third-order valence-electron chi connectivity index (χ3n) is 4.97. The third kappa shape index (κ3) is 5.08. The van der Waals surface area contributed by atoms with Gasteiger partial charge in [0.15, 0.2) is 0 Å². The molecule has 3 N–H and O–H groups in total. The van der Waals surface area contributed by atoms with Crippen molar-refractivity contribution in [2.24, 2.45) is 0 Å². The Bertz CT molecular complexity index is 549. The summed E-state index contributed by atoms with van der Waals surface area (Å²) < 4.78 is 0. The molecule has 0 radical (unpaired) electrons. The number of hydrogen-bond donors (Lipinski definition) is 3. The van der Waals surface area contributed by atoms with Gasteiger partial charge in [0.1, 0.15) is 6.04 Å². The van der Waals surface area contributed by atoms with Gasteiger partial charge in [0.2, 0.25) is 5.91 Å². The SMILES string of the molecule is CCCN(C(=O)C1CC(c2ccc(Cl)cc2)NN1)C1CCNCC1.Cl. The summed E-state index contributed by atoms with van der Waals surface area (Å²) in [7, 11) is 0. The van der Waals surface area contributed by atoms with E-state index in [1.165, 1.54) is 0 Å². The fraction of sp³-hybridized carbons (Fsp3) is 0.611. The van der Waals surface area contributed by atoms with Crippen LogP contribution in [0.4, 0.5) is 0 Å². The Hall–Kier alpha value is -0.850. The van der Waals surface area contributed by atoms with E-state index in [9.17, 15) is 4.79 Å². The maximum Gasteiger partial charge on any atom is 0.241 e. The van der Waals surface area contributed by atoms with E-state index in [0.717, 1.165) is 55.9 Å². The van der Waals surface area contributed by atoms with Gasteiger partial charge in [0.25, 0.3) is 0 Å². The Morgan fingerprint density at radius 3 is 2.52 bits per heavy atom. The number of rotatable bonds is 5. The summed E-state index contributed by atoms with van der Waals surface area (Å²) in [6.45, 7) is 4.98. The molecule has 1 aromatic rings. The standard InChI is InChI=1S/C18H27ClN4O.ClH/c1-2-11-23(15-7-9-20-10-8-15)18(24)17-12-16(21-22-17)13-3-5-14(19)6-4-13;/h3-6,15-17,20-22H,2,7-12H2,1H3;1H. The number of piperidine rings is 1. The number of carbonyl (C=O) groups excluding carboxylic acids is 1. The van der Waals surface area contributed by atoms with Crippen molar-refractivity contribution in [3.05, 3.63) is 34.9 Å². The van der Waals surface area contributed by atoms with Crippen LogP contribution in [0.15, 0.2) is 24.3 Å². The first-order valence-electron chi connectivity index (χ1n) is 8.96. The van der Waals surface area contributed by atoms with Crippen LogP contribution < -0.4 is 16.2 Å². The van der Waals surface area contributed by atoms with Crippen LogP contribution in [0.3, 0.4) is 0 Å². The first kappa shape index (κ1) is 20.5. The lowest BCUT2D eigenvalue weighted by Crippen LogP contribution is -2.52. The monoisotopic (exact) mass is 386 g/mol. The Balaban J connectivity index is 0.00000225. The van der Waals surface area contributed by atoms with E-state index in [0.29, 0.717) is 6.04 Å². The molecule has 2 aliphatic heterocycles. The van der Waals surface area contributed by atoms with Crippen LogP contribution >= 0.6 is 24.0 Å². The highest BCUT2D eigenvalue weighted by Crippen LogP contribution is 2.25. The molecular formula is C18H28Cl2N4O. The number of hydrogen-bond acceptors (Lipinski definition) is 4. The highest BCUT2D eigenvalue weighted by atomic mass is 35.5. The molecule has 2 unspecified atom stereocenters. The molecule has 0 spiro atoms. The molecule has 2 fully saturated rings. The zero-order chi connectivity index (χ0) is 16.9. The van der Waals surface area contributed by atoms with Crippen LogP contribution in [0, 0.1) is 0 Å². The molecule has 2 saturated heterocycles. The zero-order valence-corrected chi connectivity index (χ0v) is 16.2. The second kappa shape index (κ2) is 9.74. The number of benzene rings is 1. The van der Waals surface area contributed by atoms with E-state index >= 15 is 0 Å². The second-order valence-corrected chi connectivity index (χ2v) is 7.13. The van der Waals surface area contributed by atoms with Crippen molar-refractivity contribution in [1.29, 1.82) is 0 Å². The molecule has 2 atom stereocenters. The van der Waals surface area contributed by atoms with E-state index in [1.54, 1.807) is 0 Å². The van der Waals surface area contributed by atoms with Crippen molar-refractivity contribution in [3.8, 4) is 0 Å². The van der Waals surface area contributed by atoms with Crippen molar-refractivity contribution in [3.63, 3.8) is 0 Å². The number of amides is 1. The van der Waals surface area contributed by atoms with Crippen LogP contribution in [0.2, 0.25) is 5.02 Å². The lowest BCUT2D eigenvalue weighted by molar-refractivity contribution is -0.136. The van der Waals surface area contributed by atoms with Crippen molar-refractivity contribution in [1.82, 2.24) is 21.1 Å². The van der Waals surface area contributed by atoms with Gasteiger partial charge in [-0.1, -0.05) is 30.7 Å². The van der Waals surface area contributed by atoms with E-state index in [2.05, 4.69) is 28.0 Å². The highest BCUT2D eigenvalue weighted by molar-refractivity contribution is 6.30. The summed E-state index contributed by atoms with van der Waals surface area (Å²) in [5.74, 6) is 0.229. The molecule has 2 heterocycles. The van der Waals surface area contributed by atoms with Crippen LogP contribution in [0.25, 0.3) is 0 Å². The van der Waals surface area contributed by atoms with Crippen LogP contribution in [-0.2, 0) is 4.79 Å². The summed E-state index contributed by atoms with van der Waals surface area (Å²) in [5, 5.41) is 4.11. The van der Waals surface area contributed by atoms with E-state index in [4.69, 9.17) is 11.6 Å². The van der Waals surface area contributed by atoms with Crippen molar-refractivity contribution in [2.75, 3.05) is 19.6 Å². The lowest BCUT2D eigenvalue weighted by Gasteiger charge is -2.36. The lowest BCUT2D eigenvalue weighted by atomic mass is 9.99. The van der Waals surface area contributed by atoms with E-state index in [1.807, 2.05) is 24.3 Å². The maximum atomic E-state index is 13.0. The minimum Gasteiger partial charge on any atom is -0.338 e. The van der Waals surface area contributed by atoms with Gasteiger partial charge in [-0.25, -0.2) is 10.9 Å². The van der Waals surface area contributed by atoms with E-state index < -0.39 is 0 Å². The number of nitrogens with one attached hydrogen (secondary N) is 3. The summed E-state index contributed by atoms with van der Waals surface area (Å²) in [6, 6.07) is 8.18. The molecule has 0 saturated carbocycles. The first-order valence-corrected chi connectivity index (χ1v) is 9.34. The molecule has 1 amide bonds. The quantitative estimate of drug-likeness (QED) is 0.727. The maximum absolute atomic E-state index is 13.0. The smallest absolute Gasteiger partial charge is 0.241 e. The van der Waals surface area contributed by atoms with Gasteiger partial charge in [-0.3, -0.25) is 4.79 Å². The summed E-state index contributed by atoms with van der Waals surface area (Å²) >= 11 is 5.96. The Labute approximate surface area is 161 Å². The van der Waals surface area contributed by atoms with E-state index in [-0.39, 0.29) is 30.4 Å². The summed E-state index contributed by atoms with van der Waals surface area (Å²) in [4.78, 5) is 15.1. The molecule has 0 aliphatic carbocycles. The minimum atomic E-state index is -0.160. The van der Waals surface area contributed by atoms with Crippen LogP contribution in [-0.4, -0.2) is 42.5 Å².